The lowest BCUT2D eigenvalue weighted by Gasteiger charge is -2.35. The molecule has 0 saturated carbocycles. The molecule has 1 aliphatic rings. The monoisotopic (exact) mass is 517 g/mol. The van der Waals surface area contributed by atoms with Gasteiger partial charge < -0.3 is 28.4 Å². The highest BCUT2D eigenvalue weighted by Crippen LogP contribution is 2.33. The zero-order chi connectivity index (χ0) is 26.6. The van der Waals surface area contributed by atoms with Crippen LogP contribution in [0.1, 0.15) is 18.4 Å². The van der Waals surface area contributed by atoms with Gasteiger partial charge >= 0.3 is 6.36 Å². The molecule has 0 amide bonds. The Morgan fingerprint density at radius 1 is 1.03 bits per heavy atom. The Kier molecular flexibility index (Phi) is 7.78. The Morgan fingerprint density at radius 3 is 2.30 bits per heavy atom. The van der Waals surface area contributed by atoms with E-state index in [-0.39, 0.29) is 17.4 Å². The van der Waals surface area contributed by atoms with Crippen molar-refractivity contribution in [3.63, 3.8) is 0 Å². The molecule has 0 spiro atoms. The molecule has 0 N–H and O–H groups in total. The van der Waals surface area contributed by atoms with Crippen LogP contribution in [0, 0.1) is 11.3 Å². The summed E-state index contributed by atoms with van der Waals surface area (Å²) in [6.45, 7) is 1.86. The van der Waals surface area contributed by atoms with Crippen LogP contribution < -0.4 is 24.7 Å². The number of piperidine rings is 1. The first kappa shape index (κ1) is 26.2. The van der Waals surface area contributed by atoms with E-state index in [2.05, 4.69) is 10.8 Å². The van der Waals surface area contributed by atoms with Gasteiger partial charge in [0.1, 0.15) is 41.6 Å². The third-order valence-electron chi connectivity index (χ3n) is 6.13. The number of benzene rings is 2. The van der Waals surface area contributed by atoms with E-state index in [0.29, 0.717) is 61.8 Å². The number of ether oxygens (including phenoxy) is 4. The number of aromatic nitrogens is 1. The summed E-state index contributed by atoms with van der Waals surface area (Å²) >= 11 is 0. The quantitative estimate of drug-likeness (QED) is 0.410. The molecule has 1 aromatic heterocycles. The summed E-state index contributed by atoms with van der Waals surface area (Å²) in [5, 5.41) is 10.6. The number of methoxy groups -OCH3 is 1. The van der Waals surface area contributed by atoms with Crippen LogP contribution in [0.25, 0.3) is 10.9 Å². The van der Waals surface area contributed by atoms with Gasteiger partial charge in [0.2, 0.25) is 0 Å². The van der Waals surface area contributed by atoms with Gasteiger partial charge in [-0.05, 0) is 36.4 Å². The van der Waals surface area contributed by atoms with Crippen molar-refractivity contribution in [3.8, 4) is 23.3 Å². The molecule has 0 aliphatic carbocycles. The maximum atomic E-state index is 13.0. The van der Waals surface area contributed by atoms with Gasteiger partial charge in [-0.2, -0.15) is 5.26 Å². The van der Waals surface area contributed by atoms with Crippen molar-refractivity contribution in [2.75, 3.05) is 38.3 Å². The number of anilines is 1. The molecule has 0 atom stereocenters. The van der Waals surface area contributed by atoms with Gasteiger partial charge in [0.05, 0.1) is 17.8 Å². The second kappa shape index (κ2) is 11.0. The minimum atomic E-state index is -4.75. The fourth-order valence-electron chi connectivity index (χ4n) is 4.37. The molecule has 1 saturated heterocycles. The second-order valence-corrected chi connectivity index (χ2v) is 8.54. The molecular weight excluding hydrogens is 491 g/mol. The molecule has 1 aliphatic heterocycles. The van der Waals surface area contributed by atoms with Crippen LogP contribution in [0.5, 0.6) is 17.2 Å². The highest BCUT2D eigenvalue weighted by atomic mass is 19.4. The molecule has 0 unspecified atom stereocenters. The molecule has 8 nitrogen and oxygen atoms in total. The van der Waals surface area contributed by atoms with Crippen molar-refractivity contribution >= 4 is 16.6 Å². The lowest BCUT2D eigenvalue weighted by Crippen LogP contribution is -2.40. The summed E-state index contributed by atoms with van der Waals surface area (Å²) in [4.78, 5) is 15.0. The SMILES string of the molecule is COCCOc1ccc2c(N3CCC(Oc4ccc(OC(F)(F)F)cc4)CC3)c(C#N)c(=O)n(C)c2c1. The summed E-state index contributed by atoms with van der Waals surface area (Å²) in [5.41, 5.74) is 0.908. The van der Waals surface area contributed by atoms with Crippen LogP contribution in [-0.4, -0.2) is 50.4 Å². The van der Waals surface area contributed by atoms with Gasteiger partial charge in [0.15, 0.2) is 0 Å². The summed E-state index contributed by atoms with van der Waals surface area (Å²) in [5.74, 6) is 0.711. The van der Waals surface area contributed by atoms with Gasteiger partial charge in [0, 0.05) is 51.5 Å². The van der Waals surface area contributed by atoms with E-state index in [1.807, 2.05) is 11.0 Å². The van der Waals surface area contributed by atoms with E-state index in [0.717, 1.165) is 5.39 Å². The molecule has 0 bridgehead atoms. The largest absolute Gasteiger partial charge is 0.573 e. The van der Waals surface area contributed by atoms with E-state index in [1.54, 1.807) is 26.3 Å². The van der Waals surface area contributed by atoms with Crippen LogP contribution in [0.15, 0.2) is 47.3 Å². The maximum Gasteiger partial charge on any atom is 0.573 e. The molecule has 2 aromatic carbocycles. The minimum Gasteiger partial charge on any atom is -0.491 e. The van der Waals surface area contributed by atoms with Gasteiger partial charge in [-0.3, -0.25) is 4.79 Å². The third kappa shape index (κ3) is 6.09. The van der Waals surface area contributed by atoms with Crippen molar-refractivity contribution < 1.29 is 32.1 Å². The standard InChI is InChI=1S/C26H26F3N3O5/c1-31-23-15-20(35-14-13-34-2)7-8-21(23)24(22(16-30)25(31)33)32-11-9-18(10-12-32)36-17-3-5-19(6-4-17)37-26(27,28)29/h3-8,15,18H,9-14H2,1-2H3. The molecular formula is C26H26F3N3O5. The molecule has 4 rings (SSSR count). The average Bonchev–Trinajstić information content (AvgIpc) is 2.87. The van der Waals surface area contributed by atoms with Crippen LogP contribution in [-0.2, 0) is 11.8 Å². The number of hydrogen-bond donors (Lipinski definition) is 0. The van der Waals surface area contributed by atoms with E-state index in [9.17, 15) is 23.2 Å². The molecule has 196 valence electrons. The number of hydrogen-bond acceptors (Lipinski definition) is 7. The van der Waals surface area contributed by atoms with Crippen molar-refractivity contribution in [1.29, 1.82) is 5.26 Å². The number of pyridine rings is 1. The number of halogens is 3. The van der Waals surface area contributed by atoms with E-state index in [1.165, 1.54) is 28.8 Å². The average molecular weight is 518 g/mol. The molecule has 0 radical (unpaired) electrons. The summed E-state index contributed by atoms with van der Waals surface area (Å²) < 4.78 is 59.1. The van der Waals surface area contributed by atoms with Crippen molar-refractivity contribution in [2.45, 2.75) is 25.3 Å². The molecule has 1 fully saturated rings. The van der Waals surface area contributed by atoms with E-state index in [4.69, 9.17) is 14.2 Å². The first-order chi connectivity index (χ1) is 17.7. The fourth-order valence-corrected chi connectivity index (χ4v) is 4.37. The molecule has 11 heteroatoms. The van der Waals surface area contributed by atoms with Crippen molar-refractivity contribution in [3.05, 3.63) is 58.4 Å². The van der Waals surface area contributed by atoms with Gasteiger partial charge in [0.25, 0.3) is 5.56 Å². The van der Waals surface area contributed by atoms with Crippen molar-refractivity contribution in [1.82, 2.24) is 4.57 Å². The zero-order valence-corrected chi connectivity index (χ0v) is 20.4. The number of fused-ring (bicyclic) bond motifs is 1. The second-order valence-electron chi connectivity index (χ2n) is 8.54. The summed E-state index contributed by atoms with van der Waals surface area (Å²) in [6, 6.07) is 12.8. The lowest BCUT2D eigenvalue weighted by atomic mass is 10.0. The predicted octanol–water partition coefficient (Wildman–Crippen LogP) is 4.38. The number of nitriles is 1. The summed E-state index contributed by atoms with van der Waals surface area (Å²) in [7, 11) is 3.21. The third-order valence-corrected chi connectivity index (χ3v) is 6.13. The van der Waals surface area contributed by atoms with Gasteiger partial charge in [-0.15, -0.1) is 13.2 Å². The number of rotatable bonds is 8. The normalized spacial score (nSPS) is 14.4. The zero-order valence-electron chi connectivity index (χ0n) is 20.4. The number of aryl methyl sites for hydroxylation is 1. The Balaban J connectivity index is 1.51. The Bertz CT molecular complexity index is 1340. The Labute approximate surface area is 211 Å². The molecule has 37 heavy (non-hydrogen) atoms. The van der Waals surface area contributed by atoms with Crippen LogP contribution in [0.4, 0.5) is 18.9 Å². The topological polar surface area (TPSA) is 86.0 Å². The Morgan fingerprint density at radius 2 is 1.68 bits per heavy atom. The predicted molar refractivity (Wildman–Crippen MR) is 130 cm³/mol. The maximum absolute atomic E-state index is 13.0. The smallest absolute Gasteiger partial charge is 0.491 e. The molecule has 2 heterocycles. The highest BCUT2D eigenvalue weighted by Gasteiger charge is 2.31. The van der Waals surface area contributed by atoms with Crippen LogP contribution in [0.3, 0.4) is 0 Å². The van der Waals surface area contributed by atoms with Gasteiger partial charge in [-0.1, -0.05) is 0 Å². The molecule has 3 aromatic rings. The van der Waals surface area contributed by atoms with E-state index >= 15 is 0 Å². The minimum absolute atomic E-state index is 0.0719. The number of alkyl halides is 3. The van der Waals surface area contributed by atoms with Crippen molar-refractivity contribution in [2.24, 2.45) is 7.05 Å². The van der Waals surface area contributed by atoms with Crippen LogP contribution in [0.2, 0.25) is 0 Å². The first-order valence-electron chi connectivity index (χ1n) is 11.7. The highest BCUT2D eigenvalue weighted by molar-refractivity contribution is 5.95. The van der Waals surface area contributed by atoms with Crippen LogP contribution >= 0.6 is 0 Å². The van der Waals surface area contributed by atoms with Gasteiger partial charge in [-0.25, -0.2) is 0 Å². The summed E-state index contributed by atoms with van der Waals surface area (Å²) in [6.07, 6.45) is -3.73. The Hall–Kier alpha value is -3.91. The lowest BCUT2D eigenvalue weighted by molar-refractivity contribution is -0.274. The number of nitrogens with zero attached hydrogens (tertiary/aromatic N) is 3. The first-order valence-corrected chi connectivity index (χ1v) is 11.7. The van der Waals surface area contributed by atoms with E-state index < -0.39 is 11.9 Å². The fraction of sp³-hybridized carbons (Fsp3) is 0.385.